The number of Topliss-reactive ketones (excluding diaryl/α,β-unsaturated/α-hetero) is 1. The lowest BCUT2D eigenvalue weighted by Crippen LogP contribution is -2.07. The van der Waals surface area contributed by atoms with Crippen LogP contribution < -0.4 is 9.47 Å². The van der Waals surface area contributed by atoms with Gasteiger partial charge < -0.3 is 9.47 Å². The van der Waals surface area contributed by atoms with Gasteiger partial charge >= 0.3 is 0 Å². The molecular formula is C14H13BrO3S. The fourth-order valence-corrected chi connectivity index (χ4v) is 3.30. The SMILES string of the molecule is COc1cccc(OC)c1C(=O)Cc1ccc(Br)s1. The summed E-state index contributed by atoms with van der Waals surface area (Å²) in [5.74, 6) is 1.07. The summed E-state index contributed by atoms with van der Waals surface area (Å²) in [6.45, 7) is 0. The van der Waals surface area contributed by atoms with E-state index >= 15 is 0 Å². The molecule has 0 radical (unpaired) electrons. The average Bonchev–Trinajstić information content (AvgIpc) is 2.82. The highest BCUT2D eigenvalue weighted by Gasteiger charge is 2.18. The second kappa shape index (κ2) is 6.21. The van der Waals surface area contributed by atoms with E-state index in [1.54, 1.807) is 43.8 Å². The number of benzene rings is 1. The normalized spacial score (nSPS) is 10.3. The molecule has 0 aliphatic carbocycles. The van der Waals surface area contributed by atoms with Crippen molar-refractivity contribution in [2.45, 2.75) is 6.42 Å². The molecule has 0 aliphatic heterocycles. The summed E-state index contributed by atoms with van der Waals surface area (Å²) in [5, 5.41) is 0. The summed E-state index contributed by atoms with van der Waals surface area (Å²) in [6, 6.07) is 9.21. The summed E-state index contributed by atoms with van der Waals surface area (Å²) < 4.78 is 11.5. The molecule has 0 N–H and O–H groups in total. The van der Waals surface area contributed by atoms with Crippen molar-refractivity contribution in [2.75, 3.05) is 14.2 Å². The van der Waals surface area contributed by atoms with Gasteiger partial charge in [-0.25, -0.2) is 0 Å². The van der Waals surface area contributed by atoms with Crippen LogP contribution in [0.25, 0.3) is 0 Å². The Morgan fingerprint density at radius 1 is 1.16 bits per heavy atom. The van der Waals surface area contributed by atoms with Gasteiger partial charge in [0.15, 0.2) is 5.78 Å². The first kappa shape index (κ1) is 14.1. The molecular weight excluding hydrogens is 328 g/mol. The number of rotatable bonds is 5. The fourth-order valence-electron chi connectivity index (χ4n) is 1.82. The average molecular weight is 341 g/mol. The Kier molecular flexibility index (Phi) is 4.61. The van der Waals surface area contributed by atoms with Gasteiger partial charge in [0.2, 0.25) is 0 Å². The summed E-state index contributed by atoms with van der Waals surface area (Å²) in [7, 11) is 3.10. The number of hydrogen-bond acceptors (Lipinski definition) is 4. The van der Waals surface area contributed by atoms with Crippen LogP contribution in [-0.2, 0) is 6.42 Å². The van der Waals surface area contributed by atoms with Crippen LogP contribution in [0.2, 0.25) is 0 Å². The van der Waals surface area contributed by atoms with Crippen molar-refractivity contribution in [3.05, 3.63) is 44.6 Å². The summed E-state index contributed by atoms with van der Waals surface area (Å²) in [4.78, 5) is 13.4. The third kappa shape index (κ3) is 3.16. The minimum absolute atomic E-state index is 0.0105. The van der Waals surface area contributed by atoms with E-state index in [2.05, 4.69) is 15.9 Å². The Morgan fingerprint density at radius 3 is 2.26 bits per heavy atom. The third-order valence-electron chi connectivity index (χ3n) is 2.67. The molecule has 0 bridgehead atoms. The topological polar surface area (TPSA) is 35.5 Å². The van der Waals surface area contributed by atoms with Crippen LogP contribution in [0.5, 0.6) is 11.5 Å². The molecule has 1 heterocycles. The molecule has 0 saturated carbocycles. The molecule has 2 rings (SSSR count). The van der Waals surface area contributed by atoms with Crippen molar-refractivity contribution in [3.63, 3.8) is 0 Å². The predicted molar refractivity (Wildman–Crippen MR) is 79.6 cm³/mol. The maximum Gasteiger partial charge on any atom is 0.175 e. The number of carbonyl (C=O) groups is 1. The van der Waals surface area contributed by atoms with Crippen LogP contribution in [0, 0.1) is 0 Å². The highest BCUT2D eigenvalue weighted by atomic mass is 79.9. The first-order chi connectivity index (χ1) is 9.15. The molecule has 0 saturated heterocycles. The number of ether oxygens (including phenoxy) is 2. The largest absolute Gasteiger partial charge is 0.496 e. The van der Waals surface area contributed by atoms with Gasteiger partial charge in [0.05, 0.1) is 18.0 Å². The van der Waals surface area contributed by atoms with E-state index in [0.29, 0.717) is 23.5 Å². The van der Waals surface area contributed by atoms with Gasteiger partial charge in [-0.15, -0.1) is 11.3 Å². The van der Waals surface area contributed by atoms with Crippen molar-refractivity contribution in [1.82, 2.24) is 0 Å². The maximum atomic E-state index is 12.4. The quantitative estimate of drug-likeness (QED) is 0.773. The summed E-state index contributed by atoms with van der Waals surface area (Å²) >= 11 is 4.94. The Bertz CT molecular complexity index is 570. The number of thiophene rings is 1. The van der Waals surface area contributed by atoms with Crippen LogP contribution in [0.3, 0.4) is 0 Å². The molecule has 0 atom stereocenters. The van der Waals surface area contributed by atoms with Crippen LogP contribution in [0.15, 0.2) is 34.1 Å². The molecule has 1 aromatic carbocycles. The second-order valence-electron chi connectivity index (χ2n) is 3.84. The third-order valence-corrected chi connectivity index (χ3v) is 4.29. The molecule has 1 aromatic heterocycles. The van der Waals surface area contributed by atoms with Crippen LogP contribution in [-0.4, -0.2) is 20.0 Å². The highest BCUT2D eigenvalue weighted by molar-refractivity contribution is 9.11. The molecule has 2 aromatic rings. The number of carbonyl (C=O) groups excluding carboxylic acids is 1. The second-order valence-corrected chi connectivity index (χ2v) is 6.39. The predicted octanol–water partition coefficient (Wildman–Crippen LogP) is 3.95. The monoisotopic (exact) mass is 340 g/mol. The van der Waals surface area contributed by atoms with E-state index < -0.39 is 0 Å². The van der Waals surface area contributed by atoms with Crippen LogP contribution in [0.1, 0.15) is 15.2 Å². The van der Waals surface area contributed by atoms with Gasteiger partial charge in [-0.3, -0.25) is 4.79 Å². The van der Waals surface area contributed by atoms with E-state index in [0.717, 1.165) is 8.66 Å². The Balaban J connectivity index is 2.32. The zero-order valence-electron chi connectivity index (χ0n) is 10.6. The van der Waals surface area contributed by atoms with Gasteiger partial charge in [0.1, 0.15) is 17.1 Å². The van der Waals surface area contributed by atoms with E-state index in [1.165, 1.54) is 0 Å². The zero-order chi connectivity index (χ0) is 13.8. The van der Waals surface area contributed by atoms with E-state index in [9.17, 15) is 4.79 Å². The molecule has 100 valence electrons. The van der Waals surface area contributed by atoms with Crippen LogP contribution >= 0.6 is 27.3 Å². The maximum absolute atomic E-state index is 12.4. The first-order valence-electron chi connectivity index (χ1n) is 5.64. The van der Waals surface area contributed by atoms with E-state index in [4.69, 9.17) is 9.47 Å². The lowest BCUT2D eigenvalue weighted by Gasteiger charge is -2.11. The Labute approximate surface area is 124 Å². The molecule has 0 spiro atoms. The van der Waals surface area contributed by atoms with Crippen molar-refractivity contribution in [2.24, 2.45) is 0 Å². The molecule has 0 aliphatic rings. The fraction of sp³-hybridized carbons (Fsp3) is 0.214. The molecule has 5 heteroatoms. The van der Waals surface area contributed by atoms with Crippen LogP contribution in [0.4, 0.5) is 0 Å². The molecule has 0 fully saturated rings. The Hall–Kier alpha value is -1.33. The minimum Gasteiger partial charge on any atom is -0.496 e. The first-order valence-corrected chi connectivity index (χ1v) is 7.25. The van der Waals surface area contributed by atoms with Gasteiger partial charge in [-0.05, 0) is 40.2 Å². The number of hydrogen-bond donors (Lipinski definition) is 0. The molecule has 3 nitrogen and oxygen atoms in total. The summed E-state index contributed by atoms with van der Waals surface area (Å²) in [5.41, 5.74) is 0.497. The minimum atomic E-state index is -0.0105. The standard InChI is InChI=1S/C14H13BrO3S/c1-17-11-4-3-5-12(18-2)14(11)10(16)8-9-6-7-13(15)19-9/h3-7H,8H2,1-2H3. The van der Waals surface area contributed by atoms with Gasteiger partial charge in [0.25, 0.3) is 0 Å². The summed E-state index contributed by atoms with van der Waals surface area (Å²) in [6.07, 6.45) is 0.340. The molecule has 0 unspecified atom stereocenters. The van der Waals surface area contributed by atoms with Gasteiger partial charge in [0, 0.05) is 11.3 Å². The number of methoxy groups -OCH3 is 2. The zero-order valence-corrected chi connectivity index (χ0v) is 13.0. The van der Waals surface area contributed by atoms with E-state index in [-0.39, 0.29) is 5.78 Å². The smallest absolute Gasteiger partial charge is 0.175 e. The van der Waals surface area contributed by atoms with Crippen molar-refractivity contribution in [1.29, 1.82) is 0 Å². The van der Waals surface area contributed by atoms with Gasteiger partial charge in [-0.2, -0.15) is 0 Å². The van der Waals surface area contributed by atoms with Gasteiger partial charge in [-0.1, -0.05) is 6.07 Å². The lowest BCUT2D eigenvalue weighted by molar-refractivity contribution is 0.0988. The number of ketones is 1. The van der Waals surface area contributed by atoms with Crippen molar-refractivity contribution < 1.29 is 14.3 Å². The van der Waals surface area contributed by atoms with E-state index in [1.807, 2.05) is 12.1 Å². The van der Waals surface area contributed by atoms with Crippen molar-refractivity contribution >= 4 is 33.0 Å². The number of halogens is 1. The van der Waals surface area contributed by atoms with Crippen molar-refractivity contribution in [3.8, 4) is 11.5 Å². The molecule has 19 heavy (non-hydrogen) atoms. The highest BCUT2D eigenvalue weighted by Crippen LogP contribution is 2.31. The Morgan fingerprint density at radius 2 is 1.79 bits per heavy atom. The lowest BCUT2D eigenvalue weighted by atomic mass is 10.1. The molecule has 0 amide bonds.